The molecule has 0 amide bonds. The van der Waals surface area contributed by atoms with Gasteiger partial charge in [0.05, 0.1) is 13.7 Å². The molecule has 154 valence electrons. The number of ether oxygens (including phenoxy) is 2. The van der Waals surface area contributed by atoms with Gasteiger partial charge in [0.1, 0.15) is 0 Å². The summed E-state index contributed by atoms with van der Waals surface area (Å²) in [6, 6.07) is 7.66. The lowest BCUT2D eigenvalue weighted by Crippen LogP contribution is -2.51. The molecule has 0 aliphatic carbocycles. The lowest BCUT2D eigenvalue weighted by atomic mass is 10.2. The smallest absolute Gasteiger partial charge is 0.191 e. The molecule has 28 heavy (non-hydrogen) atoms. The largest absolute Gasteiger partial charge is 0.493 e. The third-order valence-corrected chi connectivity index (χ3v) is 5.28. The molecule has 1 aliphatic rings. The fourth-order valence-corrected chi connectivity index (χ4v) is 3.57. The van der Waals surface area contributed by atoms with Gasteiger partial charge in [-0.2, -0.15) is 0 Å². The van der Waals surface area contributed by atoms with Crippen LogP contribution in [-0.4, -0.2) is 62.3 Å². The molecule has 0 spiro atoms. The number of rotatable bonds is 7. The monoisotopic (exact) mass is 517 g/mol. The molecule has 1 fully saturated rings. The molecule has 0 bridgehead atoms. The summed E-state index contributed by atoms with van der Waals surface area (Å²) in [5.74, 6) is 2.36. The number of benzene rings is 1. The fourth-order valence-electron chi connectivity index (χ4n) is 2.87. The quantitative estimate of drug-likeness (QED) is 0.346. The Morgan fingerprint density at radius 2 is 1.96 bits per heavy atom. The Hall–Kier alpha value is -1.75. The molecule has 3 rings (SSSR count). The molecule has 2 heterocycles. The lowest BCUT2D eigenvalue weighted by Gasteiger charge is -2.35. The molecular weight excluding hydrogens is 489 g/mol. The topological polar surface area (TPSA) is 76.2 Å². The van der Waals surface area contributed by atoms with Crippen LogP contribution in [0.2, 0.25) is 0 Å². The van der Waals surface area contributed by atoms with E-state index in [0.29, 0.717) is 19.1 Å². The zero-order valence-corrected chi connectivity index (χ0v) is 19.4. The van der Waals surface area contributed by atoms with E-state index in [2.05, 4.69) is 26.7 Å². The molecular formula is C19H28IN5O2S. The standard InChI is InChI=1S/C19H27N5O2S.HI/c1-15(14-26-17-6-4-3-5-16(17)25-2)13-22-18(20)23-8-10-24(11-9-23)19-21-7-12-27-19;/h3-7,12,15H,8-11,13-14H2,1-2H3,(H2,20,22);1H. The number of guanidine groups is 1. The van der Waals surface area contributed by atoms with E-state index in [1.807, 2.05) is 35.8 Å². The van der Waals surface area contributed by atoms with Gasteiger partial charge in [0.25, 0.3) is 0 Å². The van der Waals surface area contributed by atoms with Gasteiger partial charge in [-0.05, 0) is 12.1 Å². The summed E-state index contributed by atoms with van der Waals surface area (Å²) in [6.07, 6.45) is 1.84. The van der Waals surface area contributed by atoms with Crippen molar-refractivity contribution in [3.05, 3.63) is 35.8 Å². The van der Waals surface area contributed by atoms with Crippen LogP contribution < -0.4 is 20.1 Å². The molecule has 1 saturated heterocycles. The van der Waals surface area contributed by atoms with Crippen molar-refractivity contribution >= 4 is 46.4 Å². The number of hydrogen-bond acceptors (Lipinski definition) is 6. The van der Waals surface area contributed by atoms with E-state index < -0.39 is 0 Å². The van der Waals surface area contributed by atoms with Crippen molar-refractivity contribution in [2.45, 2.75) is 6.92 Å². The Labute approximate surface area is 187 Å². The zero-order chi connectivity index (χ0) is 19.1. The first-order valence-electron chi connectivity index (χ1n) is 9.12. The van der Waals surface area contributed by atoms with E-state index in [1.165, 1.54) is 0 Å². The van der Waals surface area contributed by atoms with Gasteiger partial charge in [0.15, 0.2) is 22.6 Å². The predicted molar refractivity (Wildman–Crippen MR) is 125 cm³/mol. The third kappa shape index (κ3) is 6.13. The van der Waals surface area contributed by atoms with Gasteiger partial charge in [-0.1, -0.05) is 19.1 Å². The molecule has 1 atom stereocenters. The fraction of sp³-hybridized carbons (Fsp3) is 0.474. The Kier molecular flexibility index (Phi) is 9.10. The zero-order valence-electron chi connectivity index (χ0n) is 16.3. The highest BCUT2D eigenvalue weighted by Crippen LogP contribution is 2.26. The van der Waals surface area contributed by atoms with Gasteiger partial charge >= 0.3 is 0 Å². The minimum absolute atomic E-state index is 0. The van der Waals surface area contributed by atoms with E-state index in [0.717, 1.165) is 42.8 Å². The Morgan fingerprint density at radius 1 is 1.25 bits per heavy atom. The van der Waals surface area contributed by atoms with Crippen LogP contribution in [-0.2, 0) is 0 Å². The molecule has 1 aliphatic heterocycles. The van der Waals surface area contributed by atoms with E-state index in [4.69, 9.17) is 15.2 Å². The van der Waals surface area contributed by atoms with E-state index in [-0.39, 0.29) is 29.9 Å². The Morgan fingerprint density at radius 3 is 2.61 bits per heavy atom. The van der Waals surface area contributed by atoms with E-state index in [9.17, 15) is 0 Å². The number of anilines is 1. The van der Waals surface area contributed by atoms with E-state index in [1.54, 1.807) is 18.4 Å². The summed E-state index contributed by atoms with van der Waals surface area (Å²) < 4.78 is 11.2. The van der Waals surface area contributed by atoms with Gasteiger partial charge in [0, 0.05) is 50.2 Å². The van der Waals surface area contributed by atoms with Gasteiger partial charge in [-0.15, -0.1) is 35.3 Å². The SMILES string of the molecule is COc1ccccc1OCC(C)CN=C(N)N1CCN(c2nccs2)CC1.I. The second-order valence-electron chi connectivity index (χ2n) is 6.55. The number of para-hydroxylation sites is 2. The molecule has 2 aromatic rings. The average Bonchev–Trinajstić information content (AvgIpc) is 3.25. The first-order chi connectivity index (χ1) is 13.2. The summed E-state index contributed by atoms with van der Waals surface area (Å²) in [4.78, 5) is 13.4. The number of piperazine rings is 1. The molecule has 1 aromatic heterocycles. The van der Waals surface area contributed by atoms with Crippen molar-refractivity contribution in [3.63, 3.8) is 0 Å². The third-order valence-electron chi connectivity index (χ3n) is 4.45. The molecule has 1 aromatic carbocycles. The first-order valence-corrected chi connectivity index (χ1v) is 10.0. The summed E-state index contributed by atoms with van der Waals surface area (Å²) in [5, 5.41) is 3.08. The summed E-state index contributed by atoms with van der Waals surface area (Å²) in [7, 11) is 1.64. The molecule has 2 N–H and O–H groups in total. The average molecular weight is 517 g/mol. The summed E-state index contributed by atoms with van der Waals surface area (Å²) >= 11 is 1.67. The maximum Gasteiger partial charge on any atom is 0.191 e. The number of nitrogens with zero attached hydrogens (tertiary/aromatic N) is 4. The molecule has 9 heteroatoms. The highest BCUT2D eigenvalue weighted by atomic mass is 127. The normalized spacial score (nSPS) is 15.7. The van der Waals surface area contributed by atoms with Crippen molar-refractivity contribution in [3.8, 4) is 11.5 Å². The second kappa shape index (κ2) is 11.3. The van der Waals surface area contributed by atoms with Gasteiger partial charge in [-0.25, -0.2) is 4.98 Å². The van der Waals surface area contributed by atoms with Crippen LogP contribution in [0.3, 0.4) is 0 Å². The highest BCUT2D eigenvalue weighted by Gasteiger charge is 2.20. The number of methoxy groups -OCH3 is 1. The van der Waals surface area contributed by atoms with Crippen molar-refractivity contribution in [2.24, 2.45) is 16.6 Å². The van der Waals surface area contributed by atoms with Crippen LogP contribution in [0.1, 0.15) is 6.92 Å². The number of aliphatic imine (C=N–C) groups is 1. The number of nitrogens with two attached hydrogens (primary N) is 1. The lowest BCUT2D eigenvalue weighted by molar-refractivity contribution is 0.250. The summed E-state index contributed by atoms with van der Waals surface area (Å²) in [6.45, 7) is 6.85. The predicted octanol–water partition coefficient (Wildman–Crippen LogP) is 2.92. The van der Waals surface area contributed by atoms with Crippen LogP contribution in [0.25, 0.3) is 0 Å². The second-order valence-corrected chi connectivity index (χ2v) is 7.43. The Balaban J connectivity index is 0.00000280. The van der Waals surface area contributed by atoms with Crippen molar-refractivity contribution in [2.75, 3.05) is 51.3 Å². The van der Waals surface area contributed by atoms with Gasteiger partial charge in [-0.3, -0.25) is 4.99 Å². The molecule has 0 radical (unpaired) electrons. The number of halogens is 1. The first kappa shape index (κ1) is 22.5. The summed E-state index contributed by atoms with van der Waals surface area (Å²) in [5.41, 5.74) is 6.20. The van der Waals surface area contributed by atoms with Gasteiger partial charge in [0.2, 0.25) is 0 Å². The minimum atomic E-state index is 0. The van der Waals surface area contributed by atoms with Crippen molar-refractivity contribution < 1.29 is 9.47 Å². The van der Waals surface area contributed by atoms with Crippen LogP contribution >= 0.6 is 35.3 Å². The van der Waals surface area contributed by atoms with Crippen molar-refractivity contribution in [1.82, 2.24) is 9.88 Å². The van der Waals surface area contributed by atoms with E-state index >= 15 is 0 Å². The minimum Gasteiger partial charge on any atom is -0.493 e. The van der Waals surface area contributed by atoms with Crippen LogP contribution in [0.5, 0.6) is 11.5 Å². The van der Waals surface area contributed by atoms with Crippen LogP contribution in [0.4, 0.5) is 5.13 Å². The van der Waals surface area contributed by atoms with Crippen molar-refractivity contribution in [1.29, 1.82) is 0 Å². The van der Waals surface area contributed by atoms with Crippen LogP contribution in [0, 0.1) is 5.92 Å². The highest BCUT2D eigenvalue weighted by molar-refractivity contribution is 14.0. The Bertz CT molecular complexity index is 736. The maximum absolute atomic E-state index is 6.20. The number of hydrogen-bond donors (Lipinski definition) is 1. The van der Waals surface area contributed by atoms with Crippen LogP contribution in [0.15, 0.2) is 40.8 Å². The molecule has 7 nitrogen and oxygen atoms in total. The maximum atomic E-state index is 6.20. The number of thiazole rings is 1. The number of aromatic nitrogens is 1. The van der Waals surface area contributed by atoms with Gasteiger partial charge < -0.3 is 25.0 Å². The molecule has 1 unspecified atom stereocenters. The molecule has 0 saturated carbocycles.